The molecular formula is C20H24N2O3S. The zero-order valence-electron chi connectivity index (χ0n) is 15.2. The summed E-state index contributed by atoms with van der Waals surface area (Å²) in [6.45, 7) is 3.93. The predicted molar refractivity (Wildman–Crippen MR) is 104 cm³/mol. The average molecular weight is 372 g/mol. The molecule has 2 aromatic rings. The third-order valence-corrected chi connectivity index (χ3v) is 5.40. The molecule has 0 aromatic heterocycles. The molecule has 1 atom stereocenters. The Bertz CT molecular complexity index is 934. The topological polar surface area (TPSA) is 75.3 Å². The molecule has 0 unspecified atom stereocenters. The van der Waals surface area contributed by atoms with E-state index in [2.05, 4.69) is 16.1 Å². The maximum Gasteiger partial charge on any atom is 0.231 e. The van der Waals surface area contributed by atoms with Crippen LogP contribution in [0.25, 0.3) is 0 Å². The zero-order valence-corrected chi connectivity index (χ0v) is 16.1. The first-order valence-electron chi connectivity index (χ1n) is 8.65. The van der Waals surface area contributed by atoms with Crippen LogP contribution < -0.4 is 10.0 Å². The molecule has 138 valence electrons. The van der Waals surface area contributed by atoms with Crippen LogP contribution >= 0.6 is 0 Å². The first kappa shape index (κ1) is 18.5. The van der Waals surface area contributed by atoms with Crippen LogP contribution in [-0.4, -0.2) is 20.6 Å². The molecule has 1 aliphatic carbocycles. The average Bonchev–Trinajstić information content (AvgIpc) is 3.35. The van der Waals surface area contributed by atoms with Crippen molar-refractivity contribution in [2.24, 2.45) is 0 Å². The molecule has 1 amide bonds. The zero-order chi connectivity index (χ0) is 18.9. The van der Waals surface area contributed by atoms with Crippen LogP contribution in [0.15, 0.2) is 48.5 Å². The highest BCUT2D eigenvalue weighted by Crippen LogP contribution is 2.48. The fraction of sp³-hybridized carbons (Fsp3) is 0.350. The van der Waals surface area contributed by atoms with Gasteiger partial charge in [-0.3, -0.25) is 9.52 Å². The summed E-state index contributed by atoms with van der Waals surface area (Å²) in [6.07, 6.45) is 2.82. The van der Waals surface area contributed by atoms with Crippen molar-refractivity contribution < 1.29 is 13.2 Å². The summed E-state index contributed by atoms with van der Waals surface area (Å²) in [5.41, 5.74) is 3.13. The van der Waals surface area contributed by atoms with Gasteiger partial charge in [-0.15, -0.1) is 0 Å². The first-order chi connectivity index (χ1) is 12.2. The minimum Gasteiger partial charge on any atom is -0.349 e. The lowest BCUT2D eigenvalue weighted by Crippen LogP contribution is -2.36. The lowest BCUT2D eigenvalue weighted by atomic mass is 9.93. The van der Waals surface area contributed by atoms with E-state index in [9.17, 15) is 13.2 Å². The van der Waals surface area contributed by atoms with E-state index >= 15 is 0 Å². The number of nitrogens with one attached hydrogen (secondary N) is 2. The van der Waals surface area contributed by atoms with E-state index in [0.717, 1.165) is 35.8 Å². The molecular weight excluding hydrogens is 348 g/mol. The van der Waals surface area contributed by atoms with Crippen LogP contribution in [0.5, 0.6) is 0 Å². The fourth-order valence-corrected chi connectivity index (χ4v) is 3.77. The largest absolute Gasteiger partial charge is 0.349 e. The van der Waals surface area contributed by atoms with Gasteiger partial charge in [0.2, 0.25) is 15.9 Å². The van der Waals surface area contributed by atoms with Gasteiger partial charge in [0.1, 0.15) is 0 Å². The Morgan fingerprint density at radius 3 is 2.42 bits per heavy atom. The van der Waals surface area contributed by atoms with E-state index in [1.807, 2.05) is 38.1 Å². The third kappa shape index (κ3) is 4.07. The van der Waals surface area contributed by atoms with E-state index in [-0.39, 0.29) is 11.9 Å². The molecule has 0 spiro atoms. The summed E-state index contributed by atoms with van der Waals surface area (Å²) >= 11 is 0. The van der Waals surface area contributed by atoms with Crippen LogP contribution in [0.1, 0.15) is 42.5 Å². The molecule has 0 aliphatic heterocycles. The van der Waals surface area contributed by atoms with Crippen molar-refractivity contribution >= 4 is 21.6 Å². The molecule has 3 rings (SSSR count). The van der Waals surface area contributed by atoms with Crippen molar-refractivity contribution in [2.45, 2.75) is 38.1 Å². The van der Waals surface area contributed by atoms with Crippen LogP contribution in [0, 0.1) is 6.92 Å². The molecule has 0 saturated heterocycles. The minimum atomic E-state index is -3.33. The predicted octanol–water partition coefficient (Wildman–Crippen LogP) is 3.28. The summed E-state index contributed by atoms with van der Waals surface area (Å²) < 4.78 is 25.3. The van der Waals surface area contributed by atoms with Gasteiger partial charge in [-0.2, -0.15) is 0 Å². The van der Waals surface area contributed by atoms with Crippen molar-refractivity contribution in [3.8, 4) is 0 Å². The Morgan fingerprint density at radius 1 is 1.12 bits per heavy atom. The molecule has 0 heterocycles. The Labute approximate surface area is 154 Å². The second kappa shape index (κ2) is 6.76. The quantitative estimate of drug-likeness (QED) is 0.817. The van der Waals surface area contributed by atoms with E-state index in [1.165, 1.54) is 0 Å². The van der Waals surface area contributed by atoms with Crippen molar-refractivity contribution in [1.29, 1.82) is 0 Å². The normalized spacial score (nSPS) is 16.6. The summed E-state index contributed by atoms with van der Waals surface area (Å²) in [4.78, 5) is 12.9. The van der Waals surface area contributed by atoms with Gasteiger partial charge in [0.25, 0.3) is 0 Å². The van der Waals surface area contributed by atoms with Crippen molar-refractivity contribution in [1.82, 2.24) is 5.32 Å². The van der Waals surface area contributed by atoms with Crippen molar-refractivity contribution in [3.63, 3.8) is 0 Å². The highest BCUT2D eigenvalue weighted by Gasteiger charge is 2.51. The molecule has 2 aromatic carbocycles. The molecule has 6 heteroatoms. The molecule has 1 fully saturated rings. The SMILES string of the molecule is Cc1cccc(C2(C(=O)N[C@@H](C)c3cccc(NS(C)(=O)=O)c3)CC2)c1. The van der Waals surface area contributed by atoms with Gasteiger partial charge in [-0.05, 0) is 49.9 Å². The molecule has 1 aliphatic rings. The van der Waals surface area contributed by atoms with Crippen molar-refractivity contribution in [3.05, 3.63) is 65.2 Å². The van der Waals surface area contributed by atoms with Gasteiger partial charge in [-0.1, -0.05) is 42.0 Å². The molecule has 2 N–H and O–H groups in total. The Morgan fingerprint density at radius 2 is 1.81 bits per heavy atom. The van der Waals surface area contributed by atoms with Crippen LogP contribution in [-0.2, 0) is 20.2 Å². The van der Waals surface area contributed by atoms with E-state index < -0.39 is 15.4 Å². The summed E-state index contributed by atoms with van der Waals surface area (Å²) in [7, 11) is -3.33. The number of hydrogen-bond acceptors (Lipinski definition) is 3. The molecule has 1 saturated carbocycles. The van der Waals surface area contributed by atoms with Gasteiger partial charge >= 0.3 is 0 Å². The third-order valence-electron chi connectivity index (χ3n) is 4.79. The highest BCUT2D eigenvalue weighted by molar-refractivity contribution is 7.92. The minimum absolute atomic E-state index is 0.0251. The number of benzene rings is 2. The van der Waals surface area contributed by atoms with Gasteiger partial charge < -0.3 is 5.32 Å². The van der Waals surface area contributed by atoms with E-state index in [4.69, 9.17) is 0 Å². The maximum atomic E-state index is 12.9. The number of anilines is 1. The Balaban J connectivity index is 1.75. The second-order valence-corrected chi connectivity index (χ2v) is 8.89. The van der Waals surface area contributed by atoms with E-state index in [0.29, 0.717) is 5.69 Å². The van der Waals surface area contributed by atoms with Crippen LogP contribution in [0.4, 0.5) is 5.69 Å². The summed E-state index contributed by atoms with van der Waals surface area (Å²) in [6, 6.07) is 15.0. The van der Waals surface area contributed by atoms with Gasteiger partial charge in [-0.25, -0.2) is 8.42 Å². The fourth-order valence-electron chi connectivity index (χ4n) is 3.22. The lowest BCUT2D eigenvalue weighted by Gasteiger charge is -2.21. The van der Waals surface area contributed by atoms with Crippen LogP contribution in [0.3, 0.4) is 0 Å². The number of hydrogen-bond donors (Lipinski definition) is 2. The first-order valence-corrected chi connectivity index (χ1v) is 10.5. The van der Waals surface area contributed by atoms with Crippen molar-refractivity contribution in [2.75, 3.05) is 11.0 Å². The summed E-state index contributed by atoms with van der Waals surface area (Å²) in [5.74, 6) is 0.0251. The molecule has 26 heavy (non-hydrogen) atoms. The number of rotatable bonds is 6. The molecule has 0 bridgehead atoms. The highest BCUT2D eigenvalue weighted by atomic mass is 32.2. The lowest BCUT2D eigenvalue weighted by molar-refractivity contribution is -0.124. The van der Waals surface area contributed by atoms with Gasteiger partial charge in [0, 0.05) is 5.69 Å². The monoisotopic (exact) mass is 372 g/mol. The molecule has 0 radical (unpaired) electrons. The number of sulfonamides is 1. The number of aryl methyl sites for hydroxylation is 1. The van der Waals surface area contributed by atoms with E-state index in [1.54, 1.807) is 18.2 Å². The smallest absolute Gasteiger partial charge is 0.231 e. The number of carbonyl (C=O) groups is 1. The van der Waals surface area contributed by atoms with Crippen LogP contribution in [0.2, 0.25) is 0 Å². The maximum absolute atomic E-state index is 12.9. The number of carbonyl (C=O) groups excluding carboxylic acids is 1. The second-order valence-electron chi connectivity index (χ2n) is 7.15. The Kier molecular flexibility index (Phi) is 4.80. The number of amides is 1. The molecule has 5 nitrogen and oxygen atoms in total. The summed E-state index contributed by atoms with van der Waals surface area (Å²) in [5, 5.41) is 3.09. The van der Waals surface area contributed by atoms with Gasteiger partial charge in [0.05, 0.1) is 17.7 Å². The van der Waals surface area contributed by atoms with Gasteiger partial charge in [0.15, 0.2) is 0 Å². The standard InChI is InChI=1S/C20H24N2O3S/c1-14-6-4-8-17(12-14)20(10-11-20)19(23)21-15(2)16-7-5-9-18(13-16)22-26(3,24)25/h4-9,12-13,15,22H,10-11H2,1-3H3,(H,21,23)/t15-/m0/s1. The Hall–Kier alpha value is -2.34.